The molecule has 1 aromatic rings. The number of amides is 1. The molecule has 0 saturated carbocycles. The second-order valence-electron chi connectivity index (χ2n) is 5.60. The first-order valence-corrected chi connectivity index (χ1v) is 7.40. The number of carbonyl (C=O) groups is 1. The van der Waals surface area contributed by atoms with Crippen LogP contribution in [0.1, 0.15) is 18.4 Å². The van der Waals surface area contributed by atoms with Gasteiger partial charge in [0.05, 0.1) is 13.2 Å². The number of ether oxygens (including phenoxy) is 1. The molecule has 0 unspecified atom stereocenters. The van der Waals surface area contributed by atoms with E-state index in [2.05, 4.69) is 10.2 Å². The van der Waals surface area contributed by atoms with E-state index in [0.717, 1.165) is 31.7 Å². The van der Waals surface area contributed by atoms with Crippen LogP contribution < -0.4 is 5.32 Å². The van der Waals surface area contributed by atoms with Gasteiger partial charge >= 0.3 is 0 Å². The smallest absolute Gasteiger partial charge is 0.234 e. The molecule has 116 valence electrons. The molecule has 1 aliphatic heterocycles. The van der Waals surface area contributed by atoms with Crippen LogP contribution in [-0.2, 0) is 16.1 Å². The van der Waals surface area contributed by atoms with Gasteiger partial charge in [0.1, 0.15) is 5.82 Å². The topological polar surface area (TPSA) is 41.6 Å². The molecule has 1 atom stereocenters. The zero-order chi connectivity index (χ0) is 15.1. The van der Waals surface area contributed by atoms with Gasteiger partial charge in [-0.05, 0) is 43.0 Å². The average Bonchev–Trinajstić information content (AvgIpc) is 2.47. The Morgan fingerprint density at radius 1 is 1.43 bits per heavy atom. The van der Waals surface area contributed by atoms with E-state index >= 15 is 0 Å². The van der Waals surface area contributed by atoms with Crippen LogP contribution in [0.5, 0.6) is 0 Å². The predicted molar refractivity (Wildman–Crippen MR) is 79.3 cm³/mol. The Kier molecular flexibility index (Phi) is 6.14. The molecule has 1 aromatic carbocycles. The van der Waals surface area contributed by atoms with E-state index in [0.29, 0.717) is 19.0 Å². The molecule has 0 bridgehead atoms. The highest BCUT2D eigenvalue weighted by atomic mass is 19.1. The highest BCUT2D eigenvalue weighted by Gasteiger charge is 2.21. The van der Waals surface area contributed by atoms with Crippen LogP contribution in [0.15, 0.2) is 24.3 Å². The molecule has 0 aliphatic carbocycles. The van der Waals surface area contributed by atoms with Crippen molar-refractivity contribution in [3.8, 4) is 0 Å². The van der Waals surface area contributed by atoms with Crippen LogP contribution in [-0.4, -0.2) is 44.2 Å². The summed E-state index contributed by atoms with van der Waals surface area (Å²) in [5.41, 5.74) is 0.903. The SMILES string of the molecule is COC[C@@H]1CCCN(CC(=O)NCc2ccc(F)cc2)C1. The van der Waals surface area contributed by atoms with Gasteiger partial charge < -0.3 is 10.1 Å². The van der Waals surface area contributed by atoms with E-state index < -0.39 is 0 Å². The van der Waals surface area contributed by atoms with Gasteiger partial charge in [0.25, 0.3) is 0 Å². The molecular formula is C16H23FN2O2. The fourth-order valence-corrected chi connectivity index (χ4v) is 2.73. The lowest BCUT2D eigenvalue weighted by molar-refractivity contribution is -0.122. The number of methoxy groups -OCH3 is 1. The fourth-order valence-electron chi connectivity index (χ4n) is 2.73. The first-order valence-electron chi connectivity index (χ1n) is 7.40. The van der Waals surface area contributed by atoms with Crippen LogP contribution in [0, 0.1) is 11.7 Å². The minimum Gasteiger partial charge on any atom is -0.384 e. The third-order valence-corrected chi connectivity index (χ3v) is 3.78. The van der Waals surface area contributed by atoms with Crippen molar-refractivity contribution in [3.63, 3.8) is 0 Å². The molecule has 1 fully saturated rings. The Labute approximate surface area is 125 Å². The van der Waals surface area contributed by atoms with Crippen LogP contribution in [0.25, 0.3) is 0 Å². The van der Waals surface area contributed by atoms with E-state index in [4.69, 9.17) is 4.74 Å². The lowest BCUT2D eigenvalue weighted by Crippen LogP contribution is -2.43. The van der Waals surface area contributed by atoms with Crippen molar-refractivity contribution in [2.24, 2.45) is 5.92 Å². The summed E-state index contributed by atoms with van der Waals surface area (Å²) in [7, 11) is 1.72. The maximum absolute atomic E-state index is 12.8. The summed E-state index contributed by atoms with van der Waals surface area (Å²) in [5.74, 6) is 0.272. The highest BCUT2D eigenvalue weighted by Crippen LogP contribution is 2.16. The molecule has 21 heavy (non-hydrogen) atoms. The summed E-state index contributed by atoms with van der Waals surface area (Å²) in [4.78, 5) is 14.1. The third-order valence-electron chi connectivity index (χ3n) is 3.78. The normalized spacial score (nSPS) is 19.4. The minimum absolute atomic E-state index is 0.0115. The van der Waals surface area contributed by atoms with Crippen molar-refractivity contribution in [3.05, 3.63) is 35.6 Å². The zero-order valence-electron chi connectivity index (χ0n) is 12.5. The summed E-state index contributed by atoms with van der Waals surface area (Å²) < 4.78 is 18.0. The van der Waals surface area contributed by atoms with E-state index in [-0.39, 0.29) is 11.7 Å². The van der Waals surface area contributed by atoms with E-state index in [1.165, 1.54) is 18.6 Å². The number of carbonyl (C=O) groups excluding carboxylic acids is 1. The Morgan fingerprint density at radius 3 is 2.90 bits per heavy atom. The van der Waals surface area contributed by atoms with Crippen molar-refractivity contribution in [2.45, 2.75) is 19.4 Å². The maximum atomic E-state index is 12.8. The minimum atomic E-state index is -0.262. The molecule has 0 aromatic heterocycles. The Bertz CT molecular complexity index is 448. The van der Waals surface area contributed by atoms with Gasteiger partial charge in [-0.1, -0.05) is 12.1 Å². The van der Waals surface area contributed by atoms with Crippen LogP contribution in [0.2, 0.25) is 0 Å². The lowest BCUT2D eigenvalue weighted by atomic mass is 9.99. The lowest BCUT2D eigenvalue weighted by Gasteiger charge is -2.31. The molecule has 0 radical (unpaired) electrons. The van der Waals surface area contributed by atoms with Gasteiger partial charge in [-0.2, -0.15) is 0 Å². The van der Waals surface area contributed by atoms with Crippen molar-refractivity contribution >= 4 is 5.91 Å². The number of piperidine rings is 1. The molecule has 1 N–H and O–H groups in total. The predicted octanol–water partition coefficient (Wildman–Crippen LogP) is 1.80. The molecule has 1 saturated heterocycles. The zero-order valence-corrected chi connectivity index (χ0v) is 12.5. The largest absolute Gasteiger partial charge is 0.384 e. The summed E-state index contributed by atoms with van der Waals surface area (Å²) in [5, 5.41) is 2.88. The van der Waals surface area contributed by atoms with Crippen LogP contribution in [0.3, 0.4) is 0 Å². The Hall–Kier alpha value is -1.46. The second-order valence-corrected chi connectivity index (χ2v) is 5.60. The van der Waals surface area contributed by atoms with Gasteiger partial charge in [0.2, 0.25) is 5.91 Å². The quantitative estimate of drug-likeness (QED) is 0.870. The standard InChI is InChI=1S/C16H23FN2O2/c1-21-12-14-3-2-8-19(10-14)11-16(20)18-9-13-4-6-15(17)7-5-13/h4-7,14H,2-3,8-12H2,1H3,(H,18,20)/t14-/m1/s1. The summed E-state index contributed by atoms with van der Waals surface area (Å²) in [6, 6.07) is 6.18. The molecular weight excluding hydrogens is 271 g/mol. The van der Waals surface area contributed by atoms with Crippen LogP contribution in [0.4, 0.5) is 4.39 Å². The number of hydrogen-bond donors (Lipinski definition) is 1. The van der Waals surface area contributed by atoms with Crippen molar-refractivity contribution < 1.29 is 13.9 Å². The summed E-state index contributed by atoms with van der Waals surface area (Å²) >= 11 is 0. The van der Waals surface area contributed by atoms with Crippen molar-refractivity contribution in [1.82, 2.24) is 10.2 Å². The second kappa shape index (κ2) is 8.10. The highest BCUT2D eigenvalue weighted by molar-refractivity contribution is 5.78. The Balaban J connectivity index is 1.72. The van der Waals surface area contributed by atoms with Crippen molar-refractivity contribution in [1.29, 1.82) is 0 Å². The number of hydrogen-bond acceptors (Lipinski definition) is 3. The summed E-state index contributed by atoms with van der Waals surface area (Å²) in [6.45, 7) is 3.49. The average molecular weight is 294 g/mol. The molecule has 1 amide bonds. The number of halogens is 1. The van der Waals surface area contributed by atoms with Gasteiger partial charge in [0.15, 0.2) is 0 Å². The van der Waals surface area contributed by atoms with E-state index in [1.54, 1.807) is 19.2 Å². The van der Waals surface area contributed by atoms with E-state index in [9.17, 15) is 9.18 Å². The molecule has 2 rings (SSSR count). The number of benzene rings is 1. The first-order chi connectivity index (χ1) is 10.2. The Morgan fingerprint density at radius 2 is 2.19 bits per heavy atom. The monoisotopic (exact) mass is 294 g/mol. The van der Waals surface area contributed by atoms with Gasteiger partial charge in [-0.15, -0.1) is 0 Å². The number of likely N-dealkylation sites (tertiary alicyclic amines) is 1. The summed E-state index contributed by atoms with van der Waals surface area (Å²) in [6.07, 6.45) is 2.28. The first kappa shape index (κ1) is 15.9. The fraction of sp³-hybridized carbons (Fsp3) is 0.562. The number of rotatable bonds is 6. The van der Waals surface area contributed by atoms with Crippen molar-refractivity contribution in [2.75, 3.05) is 33.4 Å². The van der Waals surface area contributed by atoms with Crippen LogP contribution >= 0.6 is 0 Å². The van der Waals surface area contributed by atoms with E-state index in [1.807, 2.05) is 0 Å². The molecule has 0 spiro atoms. The molecule has 1 aliphatic rings. The number of nitrogens with zero attached hydrogens (tertiary/aromatic N) is 1. The number of nitrogens with one attached hydrogen (secondary N) is 1. The molecule has 4 nitrogen and oxygen atoms in total. The molecule has 1 heterocycles. The van der Waals surface area contributed by atoms with Gasteiger partial charge in [-0.25, -0.2) is 4.39 Å². The third kappa shape index (κ3) is 5.44. The molecule has 5 heteroatoms. The van der Waals surface area contributed by atoms with Gasteiger partial charge in [-0.3, -0.25) is 9.69 Å². The van der Waals surface area contributed by atoms with Gasteiger partial charge in [0, 0.05) is 20.2 Å². The maximum Gasteiger partial charge on any atom is 0.234 e.